The first-order chi connectivity index (χ1) is 10.5. The lowest BCUT2D eigenvalue weighted by Crippen LogP contribution is -2.11. The molecule has 0 unspecified atom stereocenters. The second-order valence-electron chi connectivity index (χ2n) is 4.11. The quantitative estimate of drug-likeness (QED) is 0.478. The lowest BCUT2D eigenvalue weighted by Gasteiger charge is -2.08. The molecule has 0 saturated carbocycles. The second kappa shape index (κ2) is 6.95. The van der Waals surface area contributed by atoms with Gasteiger partial charge in [0.25, 0.3) is 0 Å². The molecule has 2 rings (SSSR count). The summed E-state index contributed by atoms with van der Waals surface area (Å²) in [6.45, 7) is 1.84. The van der Waals surface area contributed by atoms with Gasteiger partial charge in [0.1, 0.15) is 16.4 Å². The molecule has 0 fully saturated rings. The van der Waals surface area contributed by atoms with Gasteiger partial charge in [-0.2, -0.15) is 8.42 Å². The maximum atomic E-state index is 12.1. The smallest absolute Gasteiger partial charge is 0.434 e. The predicted octanol–water partition coefficient (Wildman–Crippen LogP) is 2.99. The largest absolute Gasteiger partial charge is 0.513 e. The van der Waals surface area contributed by atoms with E-state index in [0.717, 1.165) is 0 Å². The summed E-state index contributed by atoms with van der Waals surface area (Å²) in [5.74, 6) is 0.395. The van der Waals surface area contributed by atoms with E-state index < -0.39 is 16.3 Å². The maximum absolute atomic E-state index is 12.1. The normalized spacial score (nSPS) is 10.8. The molecule has 7 heteroatoms. The number of para-hydroxylation sites is 1. The average Bonchev–Trinajstić information content (AvgIpc) is 2.48. The highest BCUT2D eigenvalue weighted by molar-refractivity contribution is 7.87. The zero-order valence-electron chi connectivity index (χ0n) is 11.8. The fraction of sp³-hybridized carbons (Fsp3) is 0.133. The molecule has 22 heavy (non-hydrogen) atoms. The summed E-state index contributed by atoms with van der Waals surface area (Å²) in [6.07, 6.45) is -0.848. The van der Waals surface area contributed by atoms with Gasteiger partial charge in [0.05, 0.1) is 6.61 Å². The molecule has 0 N–H and O–H groups in total. The first-order valence-corrected chi connectivity index (χ1v) is 7.86. The Labute approximate surface area is 128 Å². The van der Waals surface area contributed by atoms with E-state index in [1.165, 1.54) is 36.4 Å². The topological polar surface area (TPSA) is 78.9 Å². The van der Waals surface area contributed by atoms with Gasteiger partial charge in [0, 0.05) is 0 Å². The van der Waals surface area contributed by atoms with Crippen molar-refractivity contribution in [2.24, 2.45) is 0 Å². The van der Waals surface area contributed by atoms with Gasteiger partial charge in [-0.1, -0.05) is 18.2 Å². The molecule has 2 aromatic carbocycles. The van der Waals surface area contributed by atoms with Crippen molar-refractivity contribution in [2.45, 2.75) is 11.8 Å². The number of hydrogen-bond acceptors (Lipinski definition) is 6. The molecule has 0 aliphatic heterocycles. The van der Waals surface area contributed by atoms with Crippen molar-refractivity contribution in [3.05, 3.63) is 54.6 Å². The summed E-state index contributed by atoms with van der Waals surface area (Å²) in [4.78, 5) is 11.1. The van der Waals surface area contributed by atoms with Crippen molar-refractivity contribution in [2.75, 3.05) is 6.61 Å². The van der Waals surface area contributed by atoms with E-state index in [0.29, 0.717) is 0 Å². The minimum absolute atomic E-state index is 0.0486. The van der Waals surface area contributed by atoms with Gasteiger partial charge in [0.2, 0.25) is 0 Å². The molecular weight excluding hydrogens is 308 g/mol. The van der Waals surface area contributed by atoms with Crippen LogP contribution in [0.1, 0.15) is 6.92 Å². The molecule has 0 aliphatic carbocycles. The summed E-state index contributed by atoms with van der Waals surface area (Å²) < 4.78 is 38.6. The number of benzene rings is 2. The van der Waals surface area contributed by atoms with Crippen LogP contribution in [0.2, 0.25) is 0 Å². The molecule has 0 aliphatic rings. The van der Waals surface area contributed by atoms with Crippen LogP contribution in [-0.4, -0.2) is 21.2 Å². The van der Waals surface area contributed by atoms with Crippen LogP contribution >= 0.6 is 0 Å². The Kier molecular flexibility index (Phi) is 5.00. The van der Waals surface area contributed by atoms with Crippen LogP contribution in [0.5, 0.6) is 11.5 Å². The summed E-state index contributed by atoms with van der Waals surface area (Å²) in [5.41, 5.74) is 0. The number of carbonyl (C=O) groups excluding carboxylic acids is 1. The van der Waals surface area contributed by atoms with Gasteiger partial charge in [-0.25, -0.2) is 4.79 Å². The van der Waals surface area contributed by atoms with E-state index >= 15 is 0 Å². The van der Waals surface area contributed by atoms with Gasteiger partial charge in [-0.15, -0.1) is 0 Å². The first kappa shape index (κ1) is 15.8. The predicted molar refractivity (Wildman–Crippen MR) is 78.3 cm³/mol. The maximum Gasteiger partial charge on any atom is 0.513 e. The van der Waals surface area contributed by atoms with Crippen molar-refractivity contribution in [3.8, 4) is 11.5 Å². The van der Waals surface area contributed by atoms with Gasteiger partial charge in [-0.05, 0) is 43.3 Å². The number of ether oxygens (including phenoxy) is 2. The van der Waals surface area contributed by atoms with E-state index in [1.54, 1.807) is 25.1 Å². The van der Waals surface area contributed by atoms with Crippen LogP contribution in [0.25, 0.3) is 0 Å². The minimum Gasteiger partial charge on any atom is -0.434 e. The lowest BCUT2D eigenvalue weighted by atomic mass is 10.3. The molecule has 0 bridgehead atoms. The summed E-state index contributed by atoms with van der Waals surface area (Å²) >= 11 is 0. The summed E-state index contributed by atoms with van der Waals surface area (Å²) in [7, 11) is -3.94. The van der Waals surface area contributed by atoms with Crippen LogP contribution in [0.15, 0.2) is 59.5 Å². The van der Waals surface area contributed by atoms with E-state index in [2.05, 4.69) is 4.74 Å². The minimum atomic E-state index is -3.94. The molecular formula is C15H14O6S. The zero-order chi connectivity index (χ0) is 16.0. The molecule has 0 aromatic heterocycles. The summed E-state index contributed by atoms with van der Waals surface area (Å²) in [5, 5.41) is 0. The highest BCUT2D eigenvalue weighted by Gasteiger charge is 2.17. The van der Waals surface area contributed by atoms with Gasteiger partial charge >= 0.3 is 16.3 Å². The third kappa shape index (κ3) is 4.23. The number of hydrogen-bond donors (Lipinski definition) is 0. The van der Waals surface area contributed by atoms with Crippen LogP contribution < -0.4 is 8.92 Å². The molecule has 0 heterocycles. The molecule has 2 aromatic rings. The Bertz CT molecular complexity index is 722. The molecule has 0 atom stereocenters. The molecule has 0 amide bonds. The Balaban J connectivity index is 2.10. The number of rotatable bonds is 5. The Morgan fingerprint density at radius 3 is 2.18 bits per heavy atom. The van der Waals surface area contributed by atoms with Crippen molar-refractivity contribution in [1.82, 2.24) is 0 Å². The second-order valence-corrected chi connectivity index (χ2v) is 5.65. The van der Waals surface area contributed by atoms with Crippen LogP contribution in [-0.2, 0) is 14.9 Å². The van der Waals surface area contributed by atoms with Gasteiger partial charge in [-0.3, -0.25) is 0 Å². The van der Waals surface area contributed by atoms with E-state index in [9.17, 15) is 13.2 Å². The third-order valence-electron chi connectivity index (χ3n) is 2.52. The van der Waals surface area contributed by atoms with Crippen molar-refractivity contribution < 1.29 is 26.9 Å². The SMILES string of the molecule is CCOC(=O)Oc1ccc(S(=O)(=O)Oc2ccccc2)cc1. The van der Waals surface area contributed by atoms with E-state index in [4.69, 9.17) is 8.92 Å². The molecule has 0 spiro atoms. The number of carbonyl (C=O) groups is 1. The average molecular weight is 322 g/mol. The first-order valence-electron chi connectivity index (χ1n) is 6.45. The van der Waals surface area contributed by atoms with E-state index in [1.807, 2.05) is 0 Å². The Morgan fingerprint density at radius 1 is 0.955 bits per heavy atom. The fourth-order valence-electron chi connectivity index (χ4n) is 1.57. The van der Waals surface area contributed by atoms with Crippen LogP contribution in [0.4, 0.5) is 4.79 Å². The fourth-order valence-corrected chi connectivity index (χ4v) is 2.50. The molecule has 116 valence electrons. The van der Waals surface area contributed by atoms with E-state index in [-0.39, 0.29) is 23.0 Å². The Hall–Kier alpha value is -2.54. The summed E-state index contributed by atoms with van der Waals surface area (Å²) in [6, 6.07) is 13.4. The molecule has 0 radical (unpaired) electrons. The van der Waals surface area contributed by atoms with Crippen molar-refractivity contribution in [3.63, 3.8) is 0 Å². The standard InChI is InChI=1S/C15H14O6S/c1-2-19-15(16)20-12-8-10-14(11-9-12)22(17,18)21-13-6-4-3-5-7-13/h3-11H,2H2,1H3. The van der Waals surface area contributed by atoms with Gasteiger partial charge in [0.15, 0.2) is 0 Å². The molecule has 6 nitrogen and oxygen atoms in total. The van der Waals surface area contributed by atoms with Crippen molar-refractivity contribution >= 4 is 16.3 Å². The monoisotopic (exact) mass is 322 g/mol. The van der Waals surface area contributed by atoms with Crippen LogP contribution in [0.3, 0.4) is 0 Å². The highest BCUT2D eigenvalue weighted by Crippen LogP contribution is 2.20. The van der Waals surface area contributed by atoms with Crippen LogP contribution in [0, 0.1) is 0 Å². The molecule has 0 saturated heterocycles. The highest BCUT2D eigenvalue weighted by atomic mass is 32.2. The van der Waals surface area contributed by atoms with Crippen molar-refractivity contribution in [1.29, 1.82) is 0 Å². The Morgan fingerprint density at radius 2 is 1.59 bits per heavy atom. The lowest BCUT2D eigenvalue weighted by molar-refractivity contribution is 0.104. The van der Waals surface area contributed by atoms with Gasteiger partial charge < -0.3 is 13.7 Å². The zero-order valence-corrected chi connectivity index (χ0v) is 12.6. The third-order valence-corrected chi connectivity index (χ3v) is 3.79.